The Kier molecular flexibility index (Phi) is 6.66. The van der Waals surface area contributed by atoms with E-state index in [2.05, 4.69) is 9.97 Å². The highest BCUT2D eigenvalue weighted by molar-refractivity contribution is 6.28. The highest BCUT2D eigenvalue weighted by atomic mass is 35.5. The number of anilines is 2. The van der Waals surface area contributed by atoms with Gasteiger partial charge in [-0.1, -0.05) is 12.1 Å². The van der Waals surface area contributed by atoms with Crippen molar-refractivity contribution in [2.75, 3.05) is 25.2 Å². The molecule has 2 N–H and O–H groups in total. The number of nitrogens with zero attached hydrogens (tertiary/aromatic N) is 3. The van der Waals surface area contributed by atoms with Crippen molar-refractivity contribution >= 4 is 29.0 Å². The summed E-state index contributed by atoms with van der Waals surface area (Å²) >= 11 is 5.85. The Labute approximate surface area is 150 Å². The Morgan fingerprint density at radius 3 is 2.88 bits per heavy atom. The number of amides is 1. The molecule has 0 radical (unpaired) electrons. The maximum absolute atomic E-state index is 14.3. The average Bonchev–Trinajstić information content (AvgIpc) is 2.56. The van der Waals surface area contributed by atoms with Crippen LogP contribution < -0.4 is 10.6 Å². The van der Waals surface area contributed by atoms with Gasteiger partial charge in [-0.3, -0.25) is 4.79 Å². The van der Waals surface area contributed by atoms with Gasteiger partial charge in [0.15, 0.2) is 11.6 Å². The third-order valence-electron chi connectivity index (χ3n) is 3.75. The molecule has 0 unspecified atom stereocenters. The zero-order valence-electron chi connectivity index (χ0n) is 14.1. The van der Waals surface area contributed by atoms with Crippen LogP contribution >= 0.6 is 11.6 Å². The molecule has 2 aromatic rings. The van der Waals surface area contributed by atoms with Crippen molar-refractivity contribution < 1.29 is 13.9 Å². The second-order valence-corrected chi connectivity index (χ2v) is 5.85. The molecule has 6 nitrogen and oxygen atoms in total. The smallest absolute Gasteiger partial charge is 0.224 e. The molecule has 0 fully saturated rings. The monoisotopic (exact) mass is 366 g/mol. The average molecular weight is 367 g/mol. The predicted molar refractivity (Wildman–Crippen MR) is 94.6 cm³/mol. The lowest BCUT2D eigenvalue weighted by Crippen LogP contribution is -2.24. The number of aromatic nitrogens is 2. The number of hydrogen-bond donors (Lipinski definition) is 1. The summed E-state index contributed by atoms with van der Waals surface area (Å²) in [5.74, 6) is -0.931. The van der Waals surface area contributed by atoms with Gasteiger partial charge in [-0.15, -0.1) is 0 Å². The first-order chi connectivity index (χ1) is 11.9. The number of ether oxygens (including phenoxy) is 1. The van der Waals surface area contributed by atoms with Crippen LogP contribution in [0.2, 0.25) is 5.28 Å². The van der Waals surface area contributed by atoms with Gasteiger partial charge < -0.3 is 15.4 Å². The summed E-state index contributed by atoms with van der Waals surface area (Å²) < 4.78 is 19.4. The first kappa shape index (κ1) is 19.1. The SMILES string of the molecule is COCCCN(c1cccc(CC(N)=O)c1C)c1nc(Cl)ncc1F. The molecule has 0 aliphatic carbocycles. The summed E-state index contributed by atoms with van der Waals surface area (Å²) in [4.78, 5) is 20.7. The first-order valence-electron chi connectivity index (χ1n) is 7.75. The maximum Gasteiger partial charge on any atom is 0.224 e. The molecular formula is C17H20ClFN4O2. The van der Waals surface area contributed by atoms with Crippen molar-refractivity contribution in [3.05, 3.63) is 46.6 Å². The summed E-state index contributed by atoms with van der Waals surface area (Å²) in [5.41, 5.74) is 7.64. The molecule has 0 saturated heterocycles. The Morgan fingerprint density at radius 1 is 1.44 bits per heavy atom. The molecule has 134 valence electrons. The molecule has 8 heteroatoms. The lowest BCUT2D eigenvalue weighted by Gasteiger charge is -2.26. The van der Waals surface area contributed by atoms with Crippen LogP contribution in [0.15, 0.2) is 24.4 Å². The quantitative estimate of drug-likeness (QED) is 0.574. The van der Waals surface area contributed by atoms with Crippen molar-refractivity contribution in [3.8, 4) is 0 Å². The van der Waals surface area contributed by atoms with Crippen molar-refractivity contribution in [2.45, 2.75) is 19.8 Å². The van der Waals surface area contributed by atoms with E-state index in [4.69, 9.17) is 22.1 Å². The van der Waals surface area contributed by atoms with Gasteiger partial charge in [0, 0.05) is 25.9 Å². The lowest BCUT2D eigenvalue weighted by atomic mass is 10.0. The summed E-state index contributed by atoms with van der Waals surface area (Å²) in [6.45, 7) is 2.83. The molecule has 0 aliphatic heterocycles. The molecule has 1 aromatic carbocycles. The van der Waals surface area contributed by atoms with Gasteiger partial charge in [-0.25, -0.2) is 9.37 Å². The van der Waals surface area contributed by atoms with E-state index in [1.165, 1.54) is 0 Å². The number of halogens is 2. The minimum atomic E-state index is -0.582. The third kappa shape index (κ3) is 4.87. The molecule has 0 atom stereocenters. The summed E-state index contributed by atoms with van der Waals surface area (Å²) in [6.07, 6.45) is 1.80. The van der Waals surface area contributed by atoms with E-state index in [-0.39, 0.29) is 17.5 Å². The maximum atomic E-state index is 14.3. The predicted octanol–water partition coefficient (Wildman–Crippen LogP) is 2.78. The third-order valence-corrected chi connectivity index (χ3v) is 3.94. The largest absolute Gasteiger partial charge is 0.385 e. The van der Waals surface area contributed by atoms with Crippen molar-refractivity contribution in [1.29, 1.82) is 0 Å². The highest BCUT2D eigenvalue weighted by Crippen LogP contribution is 2.31. The normalized spacial score (nSPS) is 10.7. The van der Waals surface area contributed by atoms with E-state index in [0.717, 1.165) is 23.0 Å². The summed E-state index contributed by atoms with van der Waals surface area (Å²) in [6, 6.07) is 5.45. The van der Waals surface area contributed by atoms with Gasteiger partial charge in [0.2, 0.25) is 11.2 Å². The molecule has 0 bridgehead atoms. The van der Waals surface area contributed by atoms with E-state index in [1.54, 1.807) is 18.1 Å². The standard InChI is InChI=1S/C17H20ClFN4O2/c1-11-12(9-15(20)24)5-3-6-14(11)23(7-4-8-25-2)16-13(19)10-21-17(18)22-16/h3,5-6,10H,4,7-9H2,1-2H3,(H2,20,24). The van der Waals surface area contributed by atoms with E-state index in [9.17, 15) is 9.18 Å². The topological polar surface area (TPSA) is 81.3 Å². The fraction of sp³-hybridized carbons (Fsp3) is 0.353. The van der Waals surface area contributed by atoms with Gasteiger partial charge in [-0.2, -0.15) is 4.98 Å². The van der Waals surface area contributed by atoms with Gasteiger partial charge in [-0.05, 0) is 42.1 Å². The summed E-state index contributed by atoms with van der Waals surface area (Å²) in [7, 11) is 1.60. The highest BCUT2D eigenvalue weighted by Gasteiger charge is 2.19. The lowest BCUT2D eigenvalue weighted by molar-refractivity contribution is -0.117. The van der Waals surface area contributed by atoms with E-state index >= 15 is 0 Å². The molecular weight excluding hydrogens is 347 g/mol. The second kappa shape index (κ2) is 8.73. The molecule has 25 heavy (non-hydrogen) atoms. The van der Waals surface area contributed by atoms with Crippen LogP contribution in [0.3, 0.4) is 0 Å². The number of rotatable bonds is 8. The number of methoxy groups -OCH3 is 1. The Morgan fingerprint density at radius 2 is 2.20 bits per heavy atom. The molecule has 0 spiro atoms. The van der Waals surface area contributed by atoms with Gasteiger partial charge in [0.25, 0.3) is 0 Å². The zero-order valence-corrected chi connectivity index (χ0v) is 14.9. The van der Waals surface area contributed by atoms with Crippen LogP contribution in [0, 0.1) is 12.7 Å². The molecule has 0 saturated carbocycles. The fourth-order valence-electron chi connectivity index (χ4n) is 2.58. The van der Waals surface area contributed by atoms with E-state index in [0.29, 0.717) is 19.6 Å². The number of carbonyl (C=O) groups is 1. The van der Waals surface area contributed by atoms with Crippen LogP contribution in [0.5, 0.6) is 0 Å². The minimum absolute atomic E-state index is 0.0425. The van der Waals surface area contributed by atoms with Crippen LogP contribution in [0.25, 0.3) is 0 Å². The van der Waals surface area contributed by atoms with Crippen molar-refractivity contribution in [3.63, 3.8) is 0 Å². The van der Waals surface area contributed by atoms with Gasteiger partial charge >= 0.3 is 0 Å². The molecule has 1 heterocycles. The summed E-state index contributed by atoms with van der Waals surface area (Å²) in [5, 5.41) is -0.0425. The van der Waals surface area contributed by atoms with Gasteiger partial charge in [0.05, 0.1) is 12.6 Å². The number of nitrogens with two attached hydrogens (primary N) is 1. The van der Waals surface area contributed by atoms with E-state index < -0.39 is 11.7 Å². The minimum Gasteiger partial charge on any atom is -0.385 e. The first-order valence-corrected chi connectivity index (χ1v) is 8.13. The number of primary amides is 1. The van der Waals surface area contributed by atoms with E-state index in [1.807, 2.05) is 19.1 Å². The van der Waals surface area contributed by atoms with Crippen molar-refractivity contribution in [2.24, 2.45) is 5.73 Å². The number of hydrogen-bond acceptors (Lipinski definition) is 5. The van der Waals surface area contributed by atoms with Crippen molar-refractivity contribution in [1.82, 2.24) is 9.97 Å². The Balaban J connectivity index is 2.48. The fourth-order valence-corrected chi connectivity index (χ4v) is 2.70. The molecule has 1 aromatic heterocycles. The Bertz CT molecular complexity index is 757. The molecule has 1 amide bonds. The molecule has 2 rings (SSSR count). The van der Waals surface area contributed by atoms with Gasteiger partial charge in [0.1, 0.15) is 0 Å². The van der Waals surface area contributed by atoms with Crippen LogP contribution in [0.4, 0.5) is 15.9 Å². The molecule has 0 aliphatic rings. The number of benzene rings is 1. The Hall–Kier alpha value is -2.25. The van der Waals surface area contributed by atoms with Crippen LogP contribution in [0.1, 0.15) is 17.5 Å². The zero-order chi connectivity index (χ0) is 18.4. The second-order valence-electron chi connectivity index (χ2n) is 5.51. The number of carbonyl (C=O) groups excluding carboxylic acids is 1. The van der Waals surface area contributed by atoms with Crippen LogP contribution in [-0.2, 0) is 16.0 Å². The van der Waals surface area contributed by atoms with Crippen LogP contribution in [-0.4, -0.2) is 36.1 Å².